The Hall–Kier alpha value is -0.130. The molecule has 1 unspecified atom stereocenters. The van der Waals surface area contributed by atoms with Crippen LogP contribution in [-0.4, -0.2) is 58.1 Å². The van der Waals surface area contributed by atoms with Gasteiger partial charge in [0.2, 0.25) is 0 Å². The number of rotatable bonds is 7. The van der Waals surface area contributed by atoms with E-state index in [0.29, 0.717) is 11.8 Å². The summed E-state index contributed by atoms with van der Waals surface area (Å²) < 4.78 is 21.8. The zero-order valence-electron chi connectivity index (χ0n) is 11.1. The molecule has 1 heterocycles. The van der Waals surface area contributed by atoms with E-state index in [1.54, 1.807) is 0 Å². The van der Waals surface area contributed by atoms with Gasteiger partial charge < -0.3 is 10.2 Å². The molecular weight excluding hydrogens is 236 g/mol. The second-order valence-corrected chi connectivity index (χ2v) is 7.41. The maximum atomic E-state index is 10.9. The van der Waals surface area contributed by atoms with E-state index in [1.165, 1.54) is 38.5 Å². The van der Waals surface area contributed by atoms with Crippen molar-refractivity contribution in [2.24, 2.45) is 0 Å². The van der Waals surface area contributed by atoms with Crippen LogP contribution in [0, 0.1) is 0 Å². The molecule has 1 aliphatic rings. The molecule has 1 atom stereocenters. The van der Waals surface area contributed by atoms with Gasteiger partial charge in [0.1, 0.15) is 9.84 Å². The summed E-state index contributed by atoms with van der Waals surface area (Å²) in [5, 5.41) is 3.33. The standard InChI is InChI=1S/C12H26N2O2S/c1-14-10-4-3-6-12(14)7-9-13-8-5-11-17(2,15)16/h12-13H,3-11H2,1-2H3. The molecule has 0 amide bonds. The molecule has 0 aromatic heterocycles. The van der Waals surface area contributed by atoms with Crippen LogP contribution in [0.25, 0.3) is 0 Å². The first kappa shape index (κ1) is 14.9. The lowest BCUT2D eigenvalue weighted by atomic mass is 10.0. The average Bonchev–Trinajstić information content (AvgIpc) is 2.24. The van der Waals surface area contributed by atoms with Crippen molar-refractivity contribution in [2.75, 3.05) is 38.7 Å². The summed E-state index contributed by atoms with van der Waals surface area (Å²) in [5.41, 5.74) is 0. The monoisotopic (exact) mass is 262 g/mol. The number of sulfone groups is 1. The van der Waals surface area contributed by atoms with Crippen LogP contribution in [0.4, 0.5) is 0 Å². The third-order valence-corrected chi connectivity index (χ3v) is 4.47. The zero-order valence-corrected chi connectivity index (χ0v) is 11.9. The highest BCUT2D eigenvalue weighted by molar-refractivity contribution is 7.90. The molecular formula is C12H26N2O2S. The van der Waals surface area contributed by atoms with Gasteiger partial charge in [0.25, 0.3) is 0 Å². The quantitative estimate of drug-likeness (QED) is 0.692. The number of nitrogens with zero attached hydrogens (tertiary/aromatic N) is 1. The Balaban J connectivity index is 2.00. The maximum Gasteiger partial charge on any atom is 0.147 e. The topological polar surface area (TPSA) is 49.4 Å². The highest BCUT2D eigenvalue weighted by Gasteiger charge is 2.17. The average molecular weight is 262 g/mol. The Morgan fingerprint density at radius 3 is 2.71 bits per heavy atom. The van der Waals surface area contributed by atoms with Gasteiger partial charge in [0.15, 0.2) is 0 Å². The largest absolute Gasteiger partial charge is 0.317 e. The summed E-state index contributed by atoms with van der Waals surface area (Å²) >= 11 is 0. The number of nitrogens with one attached hydrogen (secondary N) is 1. The normalized spacial score (nSPS) is 22.8. The van der Waals surface area contributed by atoms with Crippen molar-refractivity contribution in [3.8, 4) is 0 Å². The van der Waals surface area contributed by atoms with Crippen molar-refractivity contribution < 1.29 is 8.42 Å². The third kappa shape index (κ3) is 7.01. The van der Waals surface area contributed by atoms with Crippen molar-refractivity contribution in [1.82, 2.24) is 10.2 Å². The van der Waals surface area contributed by atoms with E-state index in [1.807, 2.05) is 0 Å². The first-order valence-corrected chi connectivity index (χ1v) is 8.64. The summed E-state index contributed by atoms with van der Waals surface area (Å²) in [6.07, 6.45) is 7.18. The lowest BCUT2D eigenvalue weighted by Crippen LogP contribution is -2.38. The highest BCUT2D eigenvalue weighted by Crippen LogP contribution is 2.16. The van der Waals surface area contributed by atoms with Gasteiger partial charge in [0, 0.05) is 12.3 Å². The number of piperidine rings is 1. The van der Waals surface area contributed by atoms with Gasteiger partial charge in [-0.25, -0.2) is 8.42 Å². The maximum absolute atomic E-state index is 10.9. The molecule has 0 spiro atoms. The molecule has 0 bridgehead atoms. The van der Waals surface area contributed by atoms with E-state index in [2.05, 4.69) is 17.3 Å². The molecule has 102 valence electrons. The fourth-order valence-electron chi connectivity index (χ4n) is 2.36. The molecule has 5 heteroatoms. The van der Waals surface area contributed by atoms with Crippen LogP contribution in [0.1, 0.15) is 32.1 Å². The molecule has 0 aliphatic carbocycles. The van der Waals surface area contributed by atoms with Gasteiger partial charge in [-0.05, 0) is 52.4 Å². The van der Waals surface area contributed by atoms with E-state index < -0.39 is 9.84 Å². The Bertz CT molecular complexity index is 304. The minimum absolute atomic E-state index is 0.295. The Morgan fingerprint density at radius 1 is 1.29 bits per heavy atom. The molecule has 1 aliphatic heterocycles. The second-order valence-electron chi connectivity index (χ2n) is 5.15. The number of hydrogen-bond donors (Lipinski definition) is 1. The van der Waals surface area contributed by atoms with E-state index in [4.69, 9.17) is 0 Å². The first-order chi connectivity index (χ1) is 7.99. The summed E-state index contributed by atoms with van der Waals surface area (Å²) in [6.45, 7) is 3.03. The van der Waals surface area contributed by atoms with Gasteiger partial charge in [-0.1, -0.05) is 6.42 Å². The summed E-state index contributed by atoms with van der Waals surface area (Å²) in [7, 11) is -0.587. The zero-order chi connectivity index (χ0) is 12.7. The Morgan fingerprint density at radius 2 is 2.06 bits per heavy atom. The molecule has 4 nitrogen and oxygen atoms in total. The van der Waals surface area contributed by atoms with Crippen molar-refractivity contribution in [3.63, 3.8) is 0 Å². The first-order valence-electron chi connectivity index (χ1n) is 6.58. The molecule has 0 radical (unpaired) electrons. The van der Waals surface area contributed by atoms with E-state index in [0.717, 1.165) is 19.5 Å². The van der Waals surface area contributed by atoms with Crippen LogP contribution >= 0.6 is 0 Å². The summed E-state index contributed by atoms with van der Waals surface area (Å²) in [4.78, 5) is 2.45. The van der Waals surface area contributed by atoms with Crippen LogP contribution in [0.5, 0.6) is 0 Å². The van der Waals surface area contributed by atoms with Crippen LogP contribution in [0.3, 0.4) is 0 Å². The Labute approximate surface area is 106 Å². The van der Waals surface area contributed by atoms with Gasteiger partial charge in [-0.2, -0.15) is 0 Å². The fourth-order valence-corrected chi connectivity index (χ4v) is 3.03. The number of hydrogen-bond acceptors (Lipinski definition) is 4. The van der Waals surface area contributed by atoms with Crippen molar-refractivity contribution in [1.29, 1.82) is 0 Å². The molecule has 1 saturated heterocycles. The SMILES string of the molecule is CN1CCCCC1CCNCCCS(C)(=O)=O. The van der Waals surface area contributed by atoms with Crippen molar-refractivity contribution in [2.45, 2.75) is 38.1 Å². The molecule has 1 N–H and O–H groups in total. The molecule has 1 rings (SSSR count). The van der Waals surface area contributed by atoms with E-state index in [9.17, 15) is 8.42 Å². The van der Waals surface area contributed by atoms with Crippen LogP contribution in [-0.2, 0) is 9.84 Å². The molecule has 0 aromatic carbocycles. The predicted molar refractivity (Wildman–Crippen MR) is 72.1 cm³/mol. The van der Waals surface area contributed by atoms with Crippen molar-refractivity contribution >= 4 is 9.84 Å². The van der Waals surface area contributed by atoms with E-state index >= 15 is 0 Å². The summed E-state index contributed by atoms with van der Waals surface area (Å²) in [6, 6.07) is 0.714. The minimum Gasteiger partial charge on any atom is -0.317 e. The predicted octanol–water partition coefficient (Wildman–Crippen LogP) is 0.885. The highest BCUT2D eigenvalue weighted by atomic mass is 32.2. The van der Waals surface area contributed by atoms with Crippen LogP contribution in [0.2, 0.25) is 0 Å². The van der Waals surface area contributed by atoms with Gasteiger partial charge in [0.05, 0.1) is 5.75 Å². The molecule has 0 saturated carbocycles. The van der Waals surface area contributed by atoms with Gasteiger partial charge >= 0.3 is 0 Å². The minimum atomic E-state index is -2.79. The van der Waals surface area contributed by atoms with Crippen LogP contribution in [0.15, 0.2) is 0 Å². The molecule has 1 fully saturated rings. The second kappa shape index (κ2) is 7.34. The molecule has 0 aromatic rings. The van der Waals surface area contributed by atoms with Gasteiger partial charge in [-0.3, -0.25) is 0 Å². The lowest BCUT2D eigenvalue weighted by molar-refractivity contribution is 0.175. The Kier molecular flexibility index (Phi) is 6.44. The number of likely N-dealkylation sites (tertiary alicyclic amines) is 1. The molecule has 17 heavy (non-hydrogen) atoms. The smallest absolute Gasteiger partial charge is 0.147 e. The van der Waals surface area contributed by atoms with Gasteiger partial charge in [-0.15, -0.1) is 0 Å². The fraction of sp³-hybridized carbons (Fsp3) is 1.00. The lowest BCUT2D eigenvalue weighted by Gasteiger charge is -2.32. The van der Waals surface area contributed by atoms with Crippen LogP contribution < -0.4 is 5.32 Å². The summed E-state index contributed by atoms with van der Waals surface area (Å²) in [5.74, 6) is 0.295. The van der Waals surface area contributed by atoms with E-state index in [-0.39, 0.29) is 0 Å². The third-order valence-electron chi connectivity index (χ3n) is 3.44. The van der Waals surface area contributed by atoms with Crippen molar-refractivity contribution in [3.05, 3.63) is 0 Å².